The Kier molecular flexibility index (Phi) is 7.98. The molecule has 0 saturated heterocycles. The number of hydrogen-bond donors (Lipinski definition) is 3. The van der Waals surface area contributed by atoms with Gasteiger partial charge in [0.2, 0.25) is 0 Å². The molecule has 3 N–H and O–H groups in total. The number of carbonyl (C=O) groups is 2. The highest BCUT2D eigenvalue weighted by Gasteiger charge is 2.11. The van der Waals surface area contributed by atoms with E-state index in [1.807, 2.05) is 38.1 Å². The van der Waals surface area contributed by atoms with E-state index in [1.165, 1.54) is 13.3 Å². The monoisotopic (exact) mass is 402 g/mol. The number of rotatable bonds is 7. The molecule has 2 aromatic rings. The summed E-state index contributed by atoms with van der Waals surface area (Å²) in [7, 11) is 1.51. The smallest absolute Gasteiger partial charge is 0.329 e. The van der Waals surface area contributed by atoms with Gasteiger partial charge in [0.1, 0.15) is 0 Å². The van der Waals surface area contributed by atoms with Gasteiger partial charge >= 0.3 is 11.8 Å². The van der Waals surface area contributed by atoms with Crippen LogP contribution in [0.3, 0.4) is 0 Å². The first-order chi connectivity index (χ1) is 13.4. The number of anilines is 2. The fraction of sp³-hybridized carbons (Fsp3) is 0.250. The molecule has 0 aliphatic rings. The van der Waals surface area contributed by atoms with Crippen LogP contribution in [0.2, 0.25) is 5.02 Å². The van der Waals surface area contributed by atoms with Crippen LogP contribution in [0.25, 0.3) is 0 Å². The number of amides is 2. The van der Waals surface area contributed by atoms with E-state index < -0.39 is 11.8 Å². The van der Waals surface area contributed by atoms with Crippen LogP contribution in [0.1, 0.15) is 16.7 Å². The van der Waals surface area contributed by atoms with E-state index in [2.05, 4.69) is 21.2 Å². The second-order valence-corrected chi connectivity index (χ2v) is 6.56. The van der Waals surface area contributed by atoms with Gasteiger partial charge in [0.25, 0.3) is 0 Å². The Bertz CT molecular complexity index is 884. The largest absolute Gasteiger partial charge is 0.383 e. The fourth-order valence-electron chi connectivity index (χ4n) is 2.33. The van der Waals surface area contributed by atoms with E-state index >= 15 is 0 Å². The summed E-state index contributed by atoms with van der Waals surface area (Å²) in [5, 5.41) is 10.1. The summed E-state index contributed by atoms with van der Waals surface area (Å²) in [5.41, 5.74) is 6.79. The van der Waals surface area contributed by atoms with E-state index in [0.717, 1.165) is 22.5 Å². The molecule has 2 aromatic carbocycles. The molecular weight excluding hydrogens is 380 g/mol. The Labute approximate surface area is 169 Å². The van der Waals surface area contributed by atoms with Crippen LogP contribution >= 0.6 is 11.6 Å². The van der Waals surface area contributed by atoms with Crippen LogP contribution in [0.4, 0.5) is 11.4 Å². The van der Waals surface area contributed by atoms with Crippen LogP contribution in [0, 0.1) is 13.8 Å². The third kappa shape index (κ3) is 6.37. The fourth-order valence-corrected chi connectivity index (χ4v) is 2.51. The van der Waals surface area contributed by atoms with E-state index in [9.17, 15) is 9.59 Å². The highest BCUT2D eigenvalue weighted by molar-refractivity contribution is 6.35. The lowest BCUT2D eigenvalue weighted by atomic mass is 10.1. The normalized spacial score (nSPS) is 10.7. The number of ether oxygens (including phenoxy) is 1. The van der Waals surface area contributed by atoms with Crippen molar-refractivity contribution in [1.82, 2.24) is 10.7 Å². The predicted molar refractivity (Wildman–Crippen MR) is 111 cm³/mol. The Morgan fingerprint density at radius 1 is 1.11 bits per heavy atom. The Morgan fingerprint density at radius 3 is 2.64 bits per heavy atom. The number of benzene rings is 2. The lowest BCUT2D eigenvalue weighted by molar-refractivity contribution is -0.139. The molecule has 7 nitrogen and oxygen atoms in total. The quantitative estimate of drug-likeness (QED) is 0.287. The molecule has 2 rings (SSSR count). The lowest BCUT2D eigenvalue weighted by Crippen LogP contribution is -2.39. The summed E-state index contributed by atoms with van der Waals surface area (Å²) >= 11 is 6.09. The van der Waals surface area contributed by atoms with Crippen molar-refractivity contribution in [2.45, 2.75) is 13.8 Å². The molecule has 0 spiro atoms. The molecule has 0 atom stereocenters. The van der Waals surface area contributed by atoms with E-state index in [4.69, 9.17) is 16.3 Å². The van der Waals surface area contributed by atoms with E-state index in [0.29, 0.717) is 17.2 Å². The number of nitrogens with zero attached hydrogens (tertiary/aromatic N) is 1. The molecule has 0 radical (unpaired) electrons. The Hall–Kier alpha value is -2.90. The second-order valence-electron chi connectivity index (χ2n) is 6.12. The van der Waals surface area contributed by atoms with Crippen molar-refractivity contribution in [3.8, 4) is 0 Å². The Morgan fingerprint density at radius 2 is 1.89 bits per heavy atom. The lowest BCUT2D eigenvalue weighted by Gasteiger charge is -2.13. The number of hydrazone groups is 1. The van der Waals surface area contributed by atoms with Gasteiger partial charge in [-0.15, -0.1) is 0 Å². The molecular formula is C20H23ClN4O3. The van der Waals surface area contributed by atoms with Crippen molar-refractivity contribution in [1.29, 1.82) is 0 Å². The van der Waals surface area contributed by atoms with Crippen molar-refractivity contribution >= 4 is 41.0 Å². The van der Waals surface area contributed by atoms with Gasteiger partial charge in [-0.05, 0) is 49.2 Å². The van der Waals surface area contributed by atoms with E-state index in [1.54, 1.807) is 12.1 Å². The number of halogens is 1. The average molecular weight is 403 g/mol. The highest BCUT2D eigenvalue weighted by Crippen LogP contribution is 2.26. The van der Waals surface area contributed by atoms with Gasteiger partial charge in [-0.3, -0.25) is 9.59 Å². The van der Waals surface area contributed by atoms with Crippen molar-refractivity contribution in [2.24, 2.45) is 5.10 Å². The molecule has 8 heteroatoms. The third-order valence-electron chi connectivity index (χ3n) is 3.84. The average Bonchev–Trinajstić information content (AvgIpc) is 2.66. The van der Waals surface area contributed by atoms with Crippen LogP contribution < -0.4 is 16.1 Å². The van der Waals surface area contributed by atoms with Gasteiger partial charge < -0.3 is 15.4 Å². The number of aryl methyl sites for hydroxylation is 2. The molecule has 0 bridgehead atoms. The van der Waals surface area contributed by atoms with Crippen molar-refractivity contribution in [3.05, 3.63) is 58.1 Å². The van der Waals surface area contributed by atoms with Gasteiger partial charge in [-0.1, -0.05) is 23.7 Å². The first kappa shape index (κ1) is 21.4. The summed E-state index contributed by atoms with van der Waals surface area (Å²) < 4.78 is 4.80. The summed E-state index contributed by atoms with van der Waals surface area (Å²) in [4.78, 5) is 23.3. The summed E-state index contributed by atoms with van der Waals surface area (Å²) in [6.45, 7) is 4.58. The summed E-state index contributed by atoms with van der Waals surface area (Å²) in [6, 6.07) is 11.4. The maximum Gasteiger partial charge on any atom is 0.329 e. The maximum absolute atomic E-state index is 11.7. The minimum Gasteiger partial charge on any atom is -0.383 e. The Balaban J connectivity index is 2.09. The molecule has 0 unspecified atom stereocenters. The molecule has 0 aliphatic carbocycles. The van der Waals surface area contributed by atoms with Gasteiger partial charge in [0.05, 0.1) is 12.8 Å². The summed E-state index contributed by atoms with van der Waals surface area (Å²) in [6.07, 6.45) is 1.43. The molecule has 2 amide bonds. The zero-order chi connectivity index (χ0) is 20.5. The first-order valence-corrected chi connectivity index (χ1v) is 9.02. The first-order valence-electron chi connectivity index (χ1n) is 8.64. The van der Waals surface area contributed by atoms with Gasteiger partial charge in [-0.25, -0.2) is 5.43 Å². The van der Waals surface area contributed by atoms with Crippen LogP contribution in [-0.2, 0) is 14.3 Å². The van der Waals surface area contributed by atoms with Crippen molar-refractivity contribution in [2.75, 3.05) is 25.6 Å². The molecule has 0 saturated carbocycles. The molecule has 28 heavy (non-hydrogen) atoms. The van der Waals surface area contributed by atoms with Crippen LogP contribution in [0.5, 0.6) is 0 Å². The molecule has 0 aliphatic heterocycles. The van der Waals surface area contributed by atoms with Crippen molar-refractivity contribution in [3.63, 3.8) is 0 Å². The maximum atomic E-state index is 11.7. The van der Waals surface area contributed by atoms with Crippen LogP contribution in [0.15, 0.2) is 41.5 Å². The second kappa shape index (κ2) is 10.4. The predicted octanol–water partition coefficient (Wildman–Crippen LogP) is 2.91. The number of carbonyl (C=O) groups excluding carboxylic acids is 2. The molecule has 148 valence electrons. The molecule has 0 aromatic heterocycles. The number of nitrogens with one attached hydrogen (secondary N) is 3. The van der Waals surface area contributed by atoms with Gasteiger partial charge in [0.15, 0.2) is 0 Å². The summed E-state index contributed by atoms with van der Waals surface area (Å²) in [5.74, 6) is -1.65. The number of hydrogen-bond acceptors (Lipinski definition) is 5. The topological polar surface area (TPSA) is 91.8 Å². The molecule has 0 fully saturated rings. The van der Waals surface area contributed by atoms with Gasteiger partial charge in [-0.2, -0.15) is 5.10 Å². The van der Waals surface area contributed by atoms with E-state index in [-0.39, 0.29) is 6.54 Å². The molecule has 0 heterocycles. The zero-order valence-electron chi connectivity index (χ0n) is 16.0. The minimum atomic E-state index is -0.863. The number of methoxy groups -OCH3 is 1. The third-order valence-corrected chi connectivity index (χ3v) is 4.08. The standard InChI is InChI=1S/C20H23ClN4O3/c1-13-4-5-14(2)18(10-13)24-17-7-6-16(21)11-15(17)12-23-25-20(27)19(26)22-8-9-28-3/h4-7,10-12,24H,8-9H2,1-3H3,(H,22,26)(H,25,27)/b23-12-. The minimum absolute atomic E-state index is 0.241. The van der Waals surface area contributed by atoms with Gasteiger partial charge in [0, 0.05) is 35.6 Å². The van der Waals surface area contributed by atoms with Crippen molar-refractivity contribution < 1.29 is 14.3 Å². The SMILES string of the molecule is COCCNC(=O)C(=O)N/N=C\c1cc(Cl)ccc1Nc1cc(C)ccc1C. The van der Waals surface area contributed by atoms with Crippen LogP contribution in [-0.4, -0.2) is 38.3 Å². The highest BCUT2D eigenvalue weighted by atomic mass is 35.5. The zero-order valence-corrected chi connectivity index (χ0v) is 16.8.